The van der Waals surface area contributed by atoms with Crippen molar-refractivity contribution in [3.8, 4) is 0 Å². The molecule has 0 aliphatic carbocycles. The van der Waals surface area contributed by atoms with E-state index < -0.39 is 21.2 Å². The van der Waals surface area contributed by atoms with Crippen LogP contribution in [0.1, 0.15) is 6.42 Å². The Morgan fingerprint density at radius 3 is 2.48 bits per heavy atom. The molecule has 1 heterocycles. The molecule has 1 N–H and O–H groups in total. The van der Waals surface area contributed by atoms with Gasteiger partial charge in [-0.1, -0.05) is 45.4 Å². The number of nitrogens with zero attached hydrogens (tertiary/aromatic N) is 2. The number of thioether (sulfide) groups is 1. The molecule has 0 spiro atoms. The standard InChI is InChI=1S/C20H17BrClN3O4S2/c1-2-11-25-19(27)17(12-18(26)23-15-7-5-14(22)6-8-15)30-20(25)24-31(28,29)16-9-3-13(21)4-10-16/h2-10,17H,1,11-12H2,(H,23,26). The molecule has 0 radical (unpaired) electrons. The number of amidine groups is 1. The number of benzene rings is 2. The Kier molecular flexibility index (Phi) is 7.58. The van der Waals surface area contributed by atoms with Gasteiger partial charge in [0.1, 0.15) is 5.25 Å². The molecular formula is C20H17BrClN3O4S2. The Balaban J connectivity index is 1.78. The summed E-state index contributed by atoms with van der Waals surface area (Å²) in [6, 6.07) is 12.6. The number of nitrogens with one attached hydrogen (secondary N) is 1. The van der Waals surface area contributed by atoms with Crippen LogP contribution >= 0.6 is 39.3 Å². The van der Waals surface area contributed by atoms with Crippen molar-refractivity contribution >= 4 is 72.0 Å². The fraction of sp³-hybridized carbons (Fsp3) is 0.150. The van der Waals surface area contributed by atoms with Crippen LogP contribution in [-0.2, 0) is 19.6 Å². The van der Waals surface area contributed by atoms with Crippen LogP contribution in [0.25, 0.3) is 0 Å². The van der Waals surface area contributed by atoms with E-state index >= 15 is 0 Å². The minimum Gasteiger partial charge on any atom is -0.326 e. The molecule has 1 atom stereocenters. The molecule has 1 aliphatic heterocycles. The number of halogens is 2. The zero-order valence-corrected chi connectivity index (χ0v) is 20.0. The van der Waals surface area contributed by atoms with Gasteiger partial charge < -0.3 is 5.32 Å². The molecule has 2 amide bonds. The first kappa shape index (κ1) is 23.5. The molecule has 3 rings (SSSR count). The minimum atomic E-state index is -4.03. The maximum absolute atomic E-state index is 12.8. The smallest absolute Gasteiger partial charge is 0.284 e. The summed E-state index contributed by atoms with van der Waals surface area (Å²) < 4.78 is 30.0. The van der Waals surface area contributed by atoms with Crippen LogP contribution in [0.4, 0.5) is 5.69 Å². The molecule has 0 aromatic heterocycles. The summed E-state index contributed by atoms with van der Waals surface area (Å²) in [7, 11) is -4.03. The Bertz CT molecular complexity index is 1140. The SMILES string of the molecule is C=CCN1C(=O)C(CC(=O)Nc2ccc(Cl)cc2)SC1=NS(=O)(=O)c1ccc(Br)cc1. The summed E-state index contributed by atoms with van der Waals surface area (Å²) in [5, 5.41) is 2.44. The monoisotopic (exact) mass is 541 g/mol. The molecule has 1 fully saturated rings. The molecule has 0 bridgehead atoms. The summed E-state index contributed by atoms with van der Waals surface area (Å²) >= 11 is 10.0. The molecule has 1 unspecified atom stereocenters. The van der Waals surface area contributed by atoms with Crippen molar-refractivity contribution in [3.63, 3.8) is 0 Å². The van der Waals surface area contributed by atoms with E-state index in [1.165, 1.54) is 23.1 Å². The molecule has 7 nitrogen and oxygen atoms in total. The fourth-order valence-corrected chi connectivity index (χ4v) is 5.44. The van der Waals surface area contributed by atoms with Crippen LogP contribution in [-0.4, -0.2) is 42.1 Å². The molecule has 2 aromatic rings. The van der Waals surface area contributed by atoms with Gasteiger partial charge >= 0.3 is 0 Å². The van der Waals surface area contributed by atoms with Crippen LogP contribution < -0.4 is 5.32 Å². The summed E-state index contributed by atoms with van der Waals surface area (Å²) in [6.07, 6.45) is 1.33. The van der Waals surface area contributed by atoms with E-state index in [0.717, 1.165) is 16.2 Å². The quantitative estimate of drug-likeness (QED) is 0.526. The highest BCUT2D eigenvalue weighted by Gasteiger charge is 2.39. The first-order chi connectivity index (χ1) is 14.7. The lowest BCUT2D eigenvalue weighted by atomic mass is 10.2. The zero-order valence-electron chi connectivity index (χ0n) is 16.0. The highest BCUT2D eigenvalue weighted by molar-refractivity contribution is 9.10. The number of anilines is 1. The third kappa shape index (κ3) is 5.97. The van der Waals surface area contributed by atoms with Crippen LogP contribution in [0.3, 0.4) is 0 Å². The summed E-state index contributed by atoms with van der Waals surface area (Å²) in [6.45, 7) is 3.68. The normalized spacial score (nSPS) is 17.7. The predicted molar refractivity (Wildman–Crippen MR) is 127 cm³/mol. The van der Waals surface area contributed by atoms with E-state index in [1.54, 1.807) is 36.4 Å². The zero-order chi connectivity index (χ0) is 22.6. The lowest BCUT2D eigenvalue weighted by Crippen LogP contribution is -2.33. The number of hydrogen-bond acceptors (Lipinski definition) is 5. The number of sulfonamides is 1. The number of carbonyl (C=O) groups excluding carboxylic acids is 2. The van der Waals surface area contributed by atoms with Crippen LogP contribution in [0.15, 0.2) is 75.0 Å². The van der Waals surface area contributed by atoms with Gasteiger partial charge in [0.05, 0.1) is 4.90 Å². The van der Waals surface area contributed by atoms with Gasteiger partial charge in [0.2, 0.25) is 11.8 Å². The van der Waals surface area contributed by atoms with Crippen molar-refractivity contribution in [2.24, 2.45) is 4.40 Å². The Morgan fingerprint density at radius 2 is 1.87 bits per heavy atom. The lowest BCUT2D eigenvalue weighted by molar-refractivity contribution is -0.127. The van der Waals surface area contributed by atoms with Gasteiger partial charge in [-0.25, -0.2) is 0 Å². The van der Waals surface area contributed by atoms with Crippen LogP contribution in [0, 0.1) is 0 Å². The largest absolute Gasteiger partial charge is 0.326 e. The van der Waals surface area contributed by atoms with E-state index in [1.807, 2.05) is 0 Å². The molecule has 0 saturated carbocycles. The second-order valence-electron chi connectivity index (χ2n) is 6.41. The van der Waals surface area contributed by atoms with E-state index in [4.69, 9.17) is 11.6 Å². The number of hydrogen-bond donors (Lipinski definition) is 1. The summed E-state index contributed by atoms with van der Waals surface area (Å²) in [5.41, 5.74) is 0.541. The topological polar surface area (TPSA) is 95.9 Å². The molecular weight excluding hydrogens is 526 g/mol. The minimum absolute atomic E-state index is 0.00117. The Hall–Kier alpha value is -2.14. The molecule has 1 aliphatic rings. The van der Waals surface area contributed by atoms with Gasteiger partial charge in [-0.2, -0.15) is 8.42 Å². The van der Waals surface area contributed by atoms with Gasteiger partial charge in [-0.3, -0.25) is 14.5 Å². The average Bonchev–Trinajstić information content (AvgIpc) is 2.98. The number of amides is 2. The highest BCUT2D eigenvalue weighted by atomic mass is 79.9. The molecule has 162 valence electrons. The molecule has 2 aromatic carbocycles. The van der Waals surface area contributed by atoms with Gasteiger partial charge in [0.25, 0.3) is 10.0 Å². The molecule has 11 heteroatoms. The van der Waals surface area contributed by atoms with Crippen LogP contribution in [0.5, 0.6) is 0 Å². The van der Waals surface area contributed by atoms with Gasteiger partial charge in [-0.15, -0.1) is 11.0 Å². The maximum atomic E-state index is 12.8. The highest BCUT2D eigenvalue weighted by Crippen LogP contribution is 2.31. The molecule has 1 saturated heterocycles. The predicted octanol–water partition coefficient (Wildman–Crippen LogP) is 4.31. The van der Waals surface area contributed by atoms with E-state index in [9.17, 15) is 18.0 Å². The van der Waals surface area contributed by atoms with E-state index in [2.05, 4.69) is 32.2 Å². The Labute approximate surface area is 197 Å². The van der Waals surface area contributed by atoms with Gasteiger partial charge in [0, 0.05) is 28.1 Å². The second-order valence-corrected chi connectivity index (χ2v) is 10.5. The number of carbonyl (C=O) groups is 2. The van der Waals surface area contributed by atoms with Crippen LogP contribution in [0.2, 0.25) is 5.02 Å². The van der Waals surface area contributed by atoms with E-state index in [-0.39, 0.29) is 28.9 Å². The summed E-state index contributed by atoms with van der Waals surface area (Å²) in [4.78, 5) is 26.4. The lowest BCUT2D eigenvalue weighted by Gasteiger charge is -2.13. The molecule has 31 heavy (non-hydrogen) atoms. The van der Waals surface area contributed by atoms with E-state index in [0.29, 0.717) is 10.7 Å². The Morgan fingerprint density at radius 1 is 1.23 bits per heavy atom. The van der Waals surface area contributed by atoms with Crippen molar-refractivity contribution < 1.29 is 18.0 Å². The van der Waals surface area contributed by atoms with Gasteiger partial charge in [0.15, 0.2) is 5.17 Å². The van der Waals surface area contributed by atoms with Gasteiger partial charge in [-0.05, 0) is 48.5 Å². The first-order valence-corrected chi connectivity index (χ1v) is 12.4. The van der Waals surface area contributed by atoms with Crippen molar-refractivity contribution in [1.29, 1.82) is 0 Å². The fourth-order valence-electron chi connectivity index (χ4n) is 2.68. The second kappa shape index (κ2) is 9.99. The third-order valence-electron chi connectivity index (χ3n) is 4.14. The average molecular weight is 543 g/mol. The van der Waals surface area contributed by atoms with Crippen molar-refractivity contribution in [2.45, 2.75) is 16.6 Å². The first-order valence-electron chi connectivity index (χ1n) is 8.94. The van der Waals surface area contributed by atoms with Crippen molar-refractivity contribution in [1.82, 2.24) is 4.90 Å². The maximum Gasteiger partial charge on any atom is 0.284 e. The van der Waals surface area contributed by atoms with Crippen molar-refractivity contribution in [3.05, 3.63) is 70.7 Å². The number of rotatable bonds is 7. The third-order valence-corrected chi connectivity index (χ3v) is 7.49. The van der Waals surface area contributed by atoms with Crippen molar-refractivity contribution in [2.75, 3.05) is 11.9 Å². The summed E-state index contributed by atoms with van der Waals surface area (Å²) in [5.74, 6) is -0.787.